The van der Waals surface area contributed by atoms with Crippen LogP contribution in [0.2, 0.25) is 0 Å². The smallest absolute Gasteiger partial charge is 0.241 e. The number of carbonyl (C=O) groups is 1. The van der Waals surface area contributed by atoms with Crippen molar-refractivity contribution in [2.24, 2.45) is 5.73 Å². The molecule has 3 N–H and O–H groups in total. The van der Waals surface area contributed by atoms with Crippen LogP contribution in [0, 0.1) is 12.7 Å². The van der Waals surface area contributed by atoms with E-state index in [2.05, 4.69) is 5.32 Å². The molecule has 3 nitrogen and oxygen atoms in total. The zero-order chi connectivity index (χ0) is 11.4. The van der Waals surface area contributed by atoms with Gasteiger partial charge in [0.1, 0.15) is 5.82 Å². The van der Waals surface area contributed by atoms with Crippen molar-refractivity contribution in [2.45, 2.75) is 26.3 Å². The molecule has 0 radical (unpaired) electrons. The molecule has 0 bridgehead atoms. The Morgan fingerprint density at radius 1 is 1.60 bits per heavy atom. The van der Waals surface area contributed by atoms with E-state index >= 15 is 0 Å². The van der Waals surface area contributed by atoms with E-state index in [0.717, 1.165) is 5.56 Å². The van der Waals surface area contributed by atoms with Crippen LogP contribution in [0.5, 0.6) is 0 Å². The van der Waals surface area contributed by atoms with Gasteiger partial charge in [-0.1, -0.05) is 13.0 Å². The fourth-order valence-electron chi connectivity index (χ4n) is 1.15. The molecule has 1 rings (SSSR count). The normalized spacial score (nSPS) is 12.3. The number of benzene rings is 1. The summed E-state index contributed by atoms with van der Waals surface area (Å²) < 4.78 is 13.2. The largest absolute Gasteiger partial charge is 0.322 e. The molecule has 0 aromatic heterocycles. The number of amides is 1. The van der Waals surface area contributed by atoms with Crippen LogP contribution >= 0.6 is 0 Å². The van der Waals surface area contributed by atoms with Crippen LogP contribution in [-0.4, -0.2) is 11.9 Å². The third kappa shape index (κ3) is 3.02. The zero-order valence-corrected chi connectivity index (χ0v) is 8.88. The fraction of sp³-hybridized carbons (Fsp3) is 0.364. The van der Waals surface area contributed by atoms with E-state index in [0.29, 0.717) is 6.42 Å². The molecule has 82 valence electrons. The highest BCUT2D eigenvalue weighted by atomic mass is 19.1. The summed E-state index contributed by atoms with van der Waals surface area (Å²) in [6.07, 6.45) is 0.527. The molecule has 1 aromatic rings. The standard InChI is InChI=1S/C11H15FN2O/c1-3-9(13)11(15)14-10-6-7(2)4-5-8(10)12/h4-6,9H,3,13H2,1-2H3,(H,14,15). The van der Waals surface area contributed by atoms with E-state index in [1.807, 2.05) is 6.92 Å². The first-order valence-corrected chi connectivity index (χ1v) is 4.87. The van der Waals surface area contributed by atoms with E-state index < -0.39 is 11.9 Å². The monoisotopic (exact) mass is 210 g/mol. The van der Waals surface area contributed by atoms with Gasteiger partial charge in [-0.2, -0.15) is 0 Å². The van der Waals surface area contributed by atoms with Gasteiger partial charge in [0, 0.05) is 0 Å². The van der Waals surface area contributed by atoms with Crippen LogP contribution in [0.4, 0.5) is 10.1 Å². The minimum atomic E-state index is -0.593. The van der Waals surface area contributed by atoms with E-state index in [-0.39, 0.29) is 11.6 Å². The maximum atomic E-state index is 13.2. The van der Waals surface area contributed by atoms with E-state index in [9.17, 15) is 9.18 Å². The van der Waals surface area contributed by atoms with Crippen molar-refractivity contribution < 1.29 is 9.18 Å². The Balaban J connectivity index is 2.80. The topological polar surface area (TPSA) is 55.1 Å². The molecule has 0 spiro atoms. The van der Waals surface area contributed by atoms with Gasteiger partial charge in [0.05, 0.1) is 11.7 Å². The Morgan fingerprint density at radius 3 is 2.87 bits per heavy atom. The Kier molecular flexibility index (Phi) is 3.80. The minimum Gasteiger partial charge on any atom is -0.322 e. The van der Waals surface area contributed by atoms with E-state index in [1.54, 1.807) is 19.1 Å². The van der Waals surface area contributed by atoms with Crippen LogP contribution in [0.3, 0.4) is 0 Å². The maximum absolute atomic E-state index is 13.2. The molecule has 1 atom stereocenters. The highest BCUT2D eigenvalue weighted by Gasteiger charge is 2.12. The van der Waals surface area contributed by atoms with Gasteiger partial charge in [0.25, 0.3) is 0 Å². The summed E-state index contributed by atoms with van der Waals surface area (Å²) in [6, 6.07) is 3.95. The number of hydrogen-bond acceptors (Lipinski definition) is 2. The summed E-state index contributed by atoms with van der Waals surface area (Å²) in [5.41, 5.74) is 6.59. The maximum Gasteiger partial charge on any atom is 0.241 e. The summed E-state index contributed by atoms with van der Waals surface area (Å²) in [5.74, 6) is -0.806. The number of carbonyl (C=O) groups excluding carboxylic acids is 1. The zero-order valence-electron chi connectivity index (χ0n) is 8.88. The lowest BCUT2D eigenvalue weighted by molar-refractivity contribution is -0.117. The first-order chi connectivity index (χ1) is 7.04. The van der Waals surface area contributed by atoms with Gasteiger partial charge in [0.2, 0.25) is 5.91 Å². The summed E-state index contributed by atoms with van der Waals surface area (Å²) in [7, 11) is 0. The lowest BCUT2D eigenvalue weighted by atomic mass is 10.2. The van der Waals surface area contributed by atoms with Crippen molar-refractivity contribution in [3.63, 3.8) is 0 Å². The van der Waals surface area contributed by atoms with Crippen LogP contribution in [0.15, 0.2) is 18.2 Å². The molecule has 0 aliphatic heterocycles. The lowest BCUT2D eigenvalue weighted by Crippen LogP contribution is -2.35. The number of rotatable bonds is 3. The molecule has 0 heterocycles. The van der Waals surface area contributed by atoms with Gasteiger partial charge < -0.3 is 11.1 Å². The van der Waals surface area contributed by atoms with Crippen molar-refractivity contribution in [3.8, 4) is 0 Å². The Hall–Kier alpha value is -1.42. The molecule has 0 aliphatic carbocycles. The molecule has 15 heavy (non-hydrogen) atoms. The van der Waals surface area contributed by atoms with Crippen molar-refractivity contribution in [3.05, 3.63) is 29.6 Å². The number of anilines is 1. The van der Waals surface area contributed by atoms with Crippen molar-refractivity contribution in [1.82, 2.24) is 0 Å². The molecule has 0 fully saturated rings. The molecular formula is C11H15FN2O. The van der Waals surface area contributed by atoms with Gasteiger partial charge in [-0.3, -0.25) is 4.79 Å². The molecular weight excluding hydrogens is 195 g/mol. The van der Waals surface area contributed by atoms with Crippen LogP contribution < -0.4 is 11.1 Å². The lowest BCUT2D eigenvalue weighted by Gasteiger charge is -2.11. The molecule has 0 aliphatic rings. The van der Waals surface area contributed by atoms with Crippen LogP contribution in [0.1, 0.15) is 18.9 Å². The summed E-state index contributed by atoms with van der Waals surface area (Å²) >= 11 is 0. The summed E-state index contributed by atoms with van der Waals surface area (Å²) in [4.78, 5) is 11.4. The van der Waals surface area contributed by atoms with Gasteiger partial charge in [0.15, 0.2) is 0 Å². The number of halogens is 1. The summed E-state index contributed by atoms with van der Waals surface area (Å²) in [6.45, 7) is 3.63. The fourth-order valence-corrected chi connectivity index (χ4v) is 1.15. The van der Waals surface area contributed by atoms with Gasteiger partial charge in [-0.05, 0) is 31.0 Å². The number of nitrogens with two attached hydrogens (primary N) is 1. The minimum absolute atomic E-state index is 0.184. The summed E-state index contributed by atoms with van der Waals surface area (Å²) in [5, 5.41) is 2.46. The van der Waals surface area contributed by atoms with Crippen LogP contribution in [0.25, 0.3) is 0 Å². The average molecular weight is 210 g/mol. The van der Waals surface area contributed by atoms with Gasteiger partial charge in [-0.25, -0.2) is 4.39 Å². The van der Waals surface area contributed by atoms with Gasteiger partial charge in [-0.15, -0.1) is 0 Å². The van der Waals surface area contributed by atoms with Crippen molar-refractivity contribution in [2.75, 3.05) is 5.32 Å². The third-order valence-electron chi connectivity index (χ3n) is 2.16. The second-order valence-electron chi connectivity index (χ2n) is 3.49. The third-order valence-corrected chi connectivity index (χ3v) is 2.16. The first kappa shape index (κ1) is 11.7. The van der Waals surface area contributed by atoms with Crippen LogP contribution in [-0.2, 0) is 4.79 Å². The molecule has 4 heteroatoms. The Bertz CT molecular complexity index is 366. The highest BCUT2D eigenvalue weighted by molar-refractivity contribution is 5.94. The number of hydrogen-bond donors (Lipinski definition) is 2. The number of aryl methyl sites for hydroxylation is 1. The van der Waals surface area contributed by atoms with Crippen molar-refractivity contribution >= 4 is 11.6 Å². The average Bonchev–Trinajstić information content (AvgIpc) is 2.22. The Morgan fingerprint density at radius 2 is 2.27 bits per heavy atom. The molecule has 1 unspecified atom stereocenters. The SMILES string of the molecule is CCC(N)C(=O)Nc1cc(C)ccc1F. The quantitative estimate of drug-likeness (QED) is 0.799. The molecule has 0 saturated carbocycles. The second-order valence-corrected chi connectivity index (χ2v) is 3.49. The first-order valence-electron chi connectivity index (χ1n) is 4.87. The molecule has 1 aromatic carbocycles. The number of nitrogens with one attached hydrogen (secondary N) is 1. The highest BCUT2D eigenvalue weighted by Crippen LogP contribution is 2.15. The Labute approximate surface area is 88.5 Å². The molecule has 0 saturated heterocycles. The van der Waals surface area contributed by atoms with Gasteiger partial charge >= 0.3 is 0 Å². The van der Waals surface area contributed by atoms with E-state index in [4.69, 9.17) is 5.73 Å². The predicted molar refractivity (Wildman–Crippen MR) is 58.0 cm³/mol. The second kappa shape index (κ2) is 4.89. The van der Waals surface area contributed by atoms with E-state index in [1.165, 1.54) is 6.07 Å². The molecule has 1 amide bonds. The predicted octanol–water partition coefficient (Wildman–Crippen LogP) is 1.81. The van der Waals surface area contributed by atoms with Crippen molar-refractivity contribution in [1.29, 1.82) is 0 Å².